The lowest BCUT2D eigenvalue weighted by Crippen LogP contribution is -1.89. The van der Waals surface area contributed by atoms with Gasteiger partial charge in [0.05, 0.1) is 21.3 Å². The summed E-state index contributed by atoms with van der Waals surface area (Å²) in [5.41, 5.74) is 9.12. The molecule has 0 fully saturated rings. The van der Waals surface area contributed by atoms with Crippen molar-refractivity contribution in [2.24, 2.45) is 0 Å². The van der Waals surface area contributed by atoms with Gasteiger partial charge in [0.25, 0.3) is 0 Å². The lowest BCUT2D eigenvalue weighted by Gasteiger charge is -2.11. The van der Waals surface area contributed by atoms with E-state index in [-0.39, 0.29) is 0 Å². The van der Waals surface area contributed by atoms with Crippen molar-refractivity contribution in [2.45, 2.75) is 0 Å². The highest BCUT2D eigenvalue weighted by Gasteiger charge is 2.13. The molecule has 0 radical (unpaired) electrons. The van der Waals surface area contributed by atoms with Crippen molar-refractivity contribution >= 4 is 21.6 Å². The number of benzene rings is 5. The van der Waals surface area contributed by atoms with E-state index in [1.54, 1.807) is 23.5 Å². The van der Waals surface area contributed by atoms with Gasteiger partial charge in [0.15, 0.2) is 0 Å². The molecule has 0 bridgehead atoms. The Bertz CT molecular complexity index is 1800. The Morgan fingerprint density at radius 3 is 1.76 bits per heavy atom. The van der Waals surface area contributed by atoms with Gasteiger partial charge < -0.3 is 0 Å². The fraction of sp³-hybridized carbons (Fsp3) is 0. The molecule has 0 aliphatic rings. The first-order valence-electron chi connectivity index (χ1n) is 11.8. The fourth-order valence-corrected chi connectivity index (χ4v) is 5.43. The molecular weight excluding hydrogens is 470 g/mol. The van der Waals surface area contributed by atoms with Gasteiger partial charge in [0.2, 0.25) is 0 Å². The van der Waals surface area contributed by atoms with E-state index in [0.29, 0.717) is 11.1 Å². The molecule has 0 atom stereocenters. The largest absolute Gasteiger partial charge is 0.236 e. The van der Waals surface area contributed by atoms with E-state index in [4.69, 9.17) is 4.98 Å². The molecule has 0 saturated heterocycles. The number of nitrogens with zero attached hydrogens (tertiary/aromatic N) is 3. The van der Waals surface area contributed by atoms with E-state index >= 15 is 0 Å². The predicted octanol–water partition coefficient (Wildman–Crippen LogP) is 8.71. The molecule has 0 unspecified atom stereocenters. The molecule has 0 amide bonds. The van der Waals surface area contributed by atoms with E-state index in [1.807, 2.05) is 42.5 Å². The molecule has 1 aromatic heterocycles. The van der Waals surface area contributed by atoms with E-state index in [0.717, 1.165) is 48.6 Å². The molecule has 0 aliphatic carbocycles. The van der Waals surface area contributed by atoms with Crippen LogP contribution in [0.15, 0.2) is 115 Å². The Morgan fingerprint density at radius 1 is 0.486 bits per heavy atom. The van der Waals surface area contributed by atoms with Crippen molar-refractivity contribution < 1.29 is 0 Å². The summed E-state index contributed by atoms with van der Waals surface area (Å²) in [5.74, 6) is 0. The molecule has 0 saturated carbocycles. The molecule has 172 valence electrons. The first-order valence-corrected chi connectivity index (χ1v) is 12.6. The van der Waals surface area contributed by atoms with Gasteiger partial charge in [-0.1, -0.05) is 72.8 Å². The maximum Gasteiger partial charge on any atom is 0.124 e. The molecule has 0 aliphatic heterocycles. The third-order valence-corrected chi connectivity index (χ3v) is 7.48. The van der Waals surface area contributed by atoms with Crippen LogP contribution >= 0.6 is 11.3 Å². The van der Waals surface area contributed by atoms with Gasteiger partial charge in [-0.15, -0.1) is 11.3 Å². The van der Waals surface area contributed by atoms with Gasteiger partial charge in [0.1, 0.15) is 17.1 Å². The van der Waals surface area contributed by atoms with Crippen LogP contribution in [0.1, 0.15) is 11.1 Å². The number of para-hydroxylation sites is 1. The van der Waals surface area contributed by atoms with E-state index in [1.165, 1.54) is 5.56 Å². The zero-order valence-corrected chi connectivity index (χ0v) is 20.5. The highest BCUT2D eigenvalue weighted by molar-refractivity contribution is 7.21. The predicted molar refractivity (Wildman–Crippen MR) is 151 cm³/mol. The van der Waals surface area contributed by atoms with Crippen LogP contribution in [0.4, 0.5) is 0 Å². The van der Waals surface area contributed by atoms with Crippen LogP contribution in [-0.2, 0) is 0 Å². The van der Waals surface area contributed by atoms with Gasteiger partial charge in [-0.2, -0.15) is 10.5 Å². The van der Waals surface area contributed by atoms with Crippen molar-refractivity contribution in [3.05, 3.63) is 126 Å². The van der Waals surface area contributed by atoms with Crippen molar-refractivity contribution in [3.63, 3.8) is 0 Å². The van der Waals surface area contributed by atoms with E-state index in [2.05, 4.69) is 72.8 Å². The number of hydrogen-bond acceptors (Lipinski definition) is 4. The standard InChI is InChI=1S/C33H19N3S/c34-20-26-15-14-25(16-30(26)21-35)28-17-27(24-12-10-23(11-13-24)22-6-2-1-3-7-22)18-29(19-28)33-36-31-8-4-5-9-32(31)37-33/h1-19H. The fourth-order valence-electron chi connectivity index (χ4n) is 4.48. The van der Waals surface area contributed by atoms with Gasteiger partial charge in [-0.05, 0) is 75.8 Å². The van der Waals surface area contributed by atoms with Crippen molar-refractivity contribution in [3.8, 4) is 56.1 Å². The number of rotatable bonds is 4. The lowest BCUT2D eigenvalue weighted by atomic mass is 9.93. The second-order valence-electron chi connectivity index (χ2n) is 8.71. The summed E-state index contributed by atoms with van der Waals surface area (Å²) >= 11 is 1.67. The maximum absolute atomic E-state index is 9.58. The van der Waals surface area contributed by atoms with Gasteiger partial charge >= 0.3 is 0 Å². The zero-order valence-electron chi connectivity index (χ0n) is 19.7. The molecule has 6 rings (SSSR count). The Balaban J connectivity index is 1.50. The monoisotopic (exact) mass is 489 g/mol. The molecular formula is C33H19N3S. The van der Waals surface area contributed by atoms with Gasteiger partial charge in [-0.25, -0.2) is 4.98 Å². The van der Waals surface area contributed by atoms with Crippen LogP contribution in [0.3, 0.4) is 0 Å². The Labute approximate surface area is 219 Å². The second kappa shape index (κ2) is 9.55. The molecule has 37 heavy (non-hydrogen) atoms. The molecule has 0 spiro atoms. The van der Waals surface area contributed by atoms with Crippen LogP contribution in [0.25, 0.3) is 54.2 Å². The van der Waals surface area contributed by atoms with Crippen LogP contribution in [0, 0.1) is 22.7 Å². The summed E-state index contributed by atoms with van der Waals surface area (Å²) in [7, 11) is 0. The number of hydrogen-bond donors (Lipinski definition) is 0. The number of thiazole rings is 1. The average molecular weight is 490 g/mol. The molecule has 4 heteroatoms. The van der Waals surface area contributed by atoms with Crippen LogP contribution < -0.4 is 0 Å². The molecule has 0 N–H and O–H groups in total. The minimum absolute atomic E-state index is 0.374. The smallest absolute Gasteiger partial charge is 0.124 e. The Morgan fingerprint density at radius 2 is 1.05 bits per heavy atom. The molecule has 6 aromatic rings. The van der Waals surface area contributed by atoms with Gasteiger partial charge in [-0.3, -0.25) is 0 Å². The minimum atomic E-state index is 0.374. The van der Waals surface area contributed by atoms with Crippen molar-refractivity contribution in [1.29, 1.82) is 10.5 Å². The second-order valence-corrected chi connectivity index (χ2v) is 9.74. The van der Waals surface area contributed by atoms with Gasteiger partial charge in [0, 0.05) is 5.56 Å². The highest BCUT2D eigenvalue weighted by atomic mass is 32.1. The summed E-state index contributed by atoms with van der Waals surface area (Å²) in [6.07, 6.45) is 0. The third kappa shape index (κ3) is 4.39. The Hall–Kier alpha value is -5.03. The Kier molecular flexibility index (Phi) is 5.79. The summed E-state index contributed by atoms with van der Waals surface area (Å²) in [6, 6.07) is 43.1. The lowest BCUT2D eigenvalue weighted by molar-refractivity contribution is 1.43. The summed E-state index contributed by atoms with van der Waals surface area (Å²) in [5, 5.41) is 19.9. The summed E-state index contributed by atoms with van der Waals surface area (Å²) in [4.78, 5) is 4.89. The SMILES string of the molecule is N#Cc1ccc(-c2cc(-c3ccc(-c4ccccc4)cc3)cc(-c3nc4ccccc4s3)c2)cc1C#N. The minimum Gasteiger partial charge on any atom is -0.236 e. The molecule has 3 nitrogen and oxygen atoms in total. The molecule has 1 heterocycles. The average Bonchev–Trinajstić information content (AvgIpc) is 3.42. The number of fused-ring (bicyclic) bond motifs is 1. The quantitative estimate of drug-likeness (QED) is 0.249. The van der Waals surface area contributed by atoms with Crippen LogP contribution in [0.5, 0.6) is 0 Å². The topological polar surface area (TPSA) is 60.5 Å². The van der Waals surface area contributed by atoms with Crippen LogP contribution in [0.2, 0.25) is 0 Å². The summed E-state index contributed by atoms with van der Waals surface area (Å²) < 4.78 is 1.14. The first kappa shape index (κ1) is 22.4. The van der Waals surface area contributed by atoms with E-state index in [9.17, 15) is 10.5 Å². The highest BCUT2D eigenvalue weighted by Crippen LogP contribution is 2.37. The van der Waals surface area contributed by atoms with Crippen molar-refractivity contribution in [2.75, 3.05) is 0 Å². The molecule has 5 aromatic carbocycles. The van der Waals surface area contributed by atoms with E-state index < -0.39 is 0 Å². The summed E-state index contributed by atoms with van der Waals surface area (Å²) in [6.45, 7) is 0. The third-order valence-electron chi connectivity index (χ3n) is 6.39. The number of aromatic nitrogens is 1. The van der Waals surface area contributed by atoms with Crippen LogP contribution in [-0.4, -0.2) is 4.98 Å². The van der Waals surface area contributed by atoms with Crippen molar-refractivity contribution in [1.82, 2.24) is 4.98 Å². The number of nitriles is 2. The maximum atomic E-state index is 9.58. The first-order chi connectivity index (χ1) is 18.2. The normalized spacial score (nSPS) is 10.6. The zero-order chi connectivity index (χ0) is 25.2.